The van der Waals surface area contributed by atoms with Crippen LogP contribution < -0.4 is 0 Å². The van der Waals surface area contributed by atoms with Crippen molar-refractivity contribution in [2.75, 3.05) is 6.54 Å². The molecular weight excluding hydrogens is 284 g/mol. The Morgan fingerprint density at radius 3 is 2.36 bits per heavy atom. The summed E-state index contributed by atoms with van der Waals surface area (Å²) in [7, 11) is 0. The van der Waals surface area contributed by atoms with Crippen LogP contribution in [0.2, 0.25) is 0 Å². The Morgan fingerprint density at radius 2 is 1.73 bits per heavy atom. The van der Waals surface area contributed by atoms with Crippen LogP contribution in [0.5, 0.6) is 0 Å². The van der Waals surface area contributed by atoms with Gasteiger partial charge in [0.15, 0.2) is 0 Å². The van der Waals surface area contributed by atoms with E-state index in [4.69, 9.17) is 0 Å². The van der Waals surface area contributed by atoms with Crippen molar-refractivity contribution in [2.24, 2.45) is 0 Å². The summed E-state index contributed by atoms with van der Waals surface area (Å²) in [4.78, 5) is 14.0. The number of benzene rings is 2. The molecule has 2 aromatic carbocycles. The Hall–Kier alpha value is -2.23. The van der Waals surface area contributed by atoms with Gasteiger partial charge >= 0.3 is 0 Å². The number of carbonyl (C=O) groups is 1. The molecule has 0 fully saturated rings. The second kappa shape index (κ2) is 7.69. The van der Waals surface area contributed by atoms with Crippen molar-refractivity contribution in [3.63, 3.8) is 0 Å². The molecule has 2 aromatic rings. The van der Waals surface area contributed by atoms with E-state index in [0.717, 1.165) is 11.1 Å². The van der Waals surface area contributed by atoms with Gasteiger partial charge in [-0.3, -0.25) is 4.79 Å². The number of halogens is 2. The molecule has 1 amide bonds. The summed E-state index contributed by atoms with van der Waals surface area (Å²) >= 11 is 0. The minimum atomic E-state index is -0.299. The van der Waals surface area contributed by atoms with Crippen LogP contribution in [0.3, 0.4) is 0 Å². The first kappa shape index (κ1) is 16.1. The molecule has 0 aliphatic rings. The molecule has 22 heavy (non-hydrogen) atoms. The third-order valence-corrected chi connectivity index (χ3v) is 3.54. The lowest BCUT2D eigenvalue weighted by Crippen LogP contribution is -2.30. The first-order chi connectivity index (χ1) is 10.6. The van der Waals surface area contributed by atoms with Crippen LogP contribution in [0.4, 0.5) is 8.78 Å². The molecule has 4 heteroatoms. The number of aryl methyl sites for hydroxylation is 1. The van der Waals surface area contributed by atoms with E-state index in [0.29, 0.717) is 25.9 Å². The van der Waals surface area contributed by atoms with Gasteiger partial charge in [-0.2, -0.15) is 0 Å². The lowest BCUT2D eigenvalue weighted by molar-refractivity contribution is -0.131. The molecule has 0 heterocycles. The predicted octanol–water partition coefficient (Wildman–Crippen LogP) is 3.95. The zero-order chi connectivity index (χ0) is 15.9. The molecule has 0 bridgehead atoms. The Bertz CT molecular complexity index is 625. The van der Waals surface area contributed by atoms with E-state index >= 15 is 0 Å². The molecule has 0 aliphatic carbocycles. The van der Waals surface area contributed by atoms with Gasteiger partial charge in [0.1, 0.15) is 11.6 Å². The average Bonchev–Trinajstić information content (AvgIpc) is 2.52. The number of hydrogen-bond acceptors (Lipinski definition) is 1. The monoisotopic (exact) mass is 303 g/mol. The molecule has 0 saturated heterocycles. The van der Waals surface area contributed by atoms with Crippen LogP contribution in [0.1, 0.15) is 24.5 Å². The van der Waals surface area contributed by atoms with E-state index in [2.05, 4.69) is 0 Å². The topological polar surface area (TPSA) is 20.3 Å². The van der Waals surface area contributed by atoms with Crippen LogP contribution in [-0.2, 0) is 17.8 Å². The molecule has 116 valence electrons. The van der Waals surface area contributed by atoms with E-state index in [1.165, 1.54) is 24.3 Å². The maximum Gasteiger partial charge on any atom is 0.223 e. The number of carbonyl (C=O) groups excluding carboxylic acids is 1. The Kier molecular flexibility index (Phi) is 5.64. The largest absolute Gasteiger partial charge is 0.339 e. The summed E-state index contributed by atoms with van der Waals surface area (Å²) in [5.74, 6) is -0.570. The summed E-state index contributed by atoms with van der Waals surface area (Å²) in [5.41, 5.74) is 1.70. The fourth-order valence-electron chi connectivity index (χ4n) is 2.29. The third kappa shape index (κ3) is 4.65. The fraction of sp³-hybridized carbons (Fsp3) is 0.278. The van der Waals surface area contributed by atoms with E-state index in [-0.39, 0.29) is 17.5 Å². The van der Waals surface area contributed by atoms with Gasteiger partial charge in [-0.25, -0.2) is 8.78 Å². The highest BCUT2D eigenvalue weighted by atomic mass is 19.1. The lowest BCUT2D eigenvalue weighted by Gasteiger charge is -2.21. The van der Waals surface area contributed by atoms with Crippen LogP contribution in [-0.4, -0.2) is 17.4 Å². The molecule has 0 spiro atoms. The van der Waals surface area contributed by atoms with E-state index in [9.17, 15) is 13.6 Å². The standard InChI is InChI=1S/C18H19F2NO/c1-2-21(13-15-4-3-5-17(20)12-15)18(22)11-8-14-6-9-16(19)10-7-14/h3-7,9-10,12H,2,8,11,13H2,1H3. The Labute approximate surface area is 129 Å². The van der Waals surface area contributed by atoms with Crippen molar-refractivity contribution in [3.8, 4) is 0 Å². The van der Waals surface area contributed by atoms with Gasteiger partial charge in [0.25, 0.3) is 0 Å². The second-order valence-electron chi connectivity index (χ2n) is 5.16. The van der Waals surface area contributed by atoms with Crippen molar-refractivity contribution < 1.29 is 13.6 Å². The van der Waals surface area contributed by atoms with Gasteiger partial charge in [0.2, 0.25) is 5.91 Å². The molecule has 0 radical (unpaired) electrons. The second-order valence-corrected chi connectivity index (χ2v) is 5.16. The van der Waals surface area contributed by atoms with Crippen molar-refractivity contribution in [2.45, 2.75) is 26.3 Å². The van der Waals surface area contributed by atoms with Crippen LogP contribution >= 0.6 is 0 Å². The van der Waals surface area contributed by atoms with E-state index in [1.807, 2.05) is 6.92 Å². The van der Waals surface area contributed by atoms with Crippen molar-refractivity contribution in [1.29, 1.82) is 0 Å². The normalized spacial score (nSPS) is 10.5. The first-order valence-corrected chi connectivity index (χ1v) is 7.35. The summed E-state index contributed by atoms with van der Waals surface area (Å²) in [6.45, 7) is 2.87. The summed E-state index contributed by atoms with van der Waals surface area (Å²) < 4.78 is 26.0. The van der Waals surface area contributed by atoms with Gasteiger partial charge in [0, 0.05) is 19.5 Å². The molecule has 0 unspecified atom stereocenters. The highest BCUT2D eigenvalue weighted by molar-refractivity contribution is 5.76. The highest BCUT2D eigenvalue weighted by Gasteiger charge is 2.12. The predicted molar refractivity (Wildman–Crippen MR) is 82.2 cm³/mol. The van der Waals surface area contributed by atoms with Crippen LogP contribution in [0.25, 0.3) is 0 Å². The minimum absolute atomic E-state index is 0.0103. The van der Waals surface area contributed by atoms with Gasteiger partial charge in [-0.15, -0.1) is 0 Å². The van der Waals surface area contributed by atoms with E-state index in [1.54, 1.807) is 29.2 Å². The molecule has 0 aliphatic heterocycles. The molecule has 0 N–H and O–H groups in total. The molecule has 0 atom stereocenters. The zero-order valence-corrected chi connectivity index (χ0v) is 12.6. The van der Waals surface area contributed by atoms with Crippen molar-refractivity contribution in [1.82, 2.24) is 4.90 Å². The fourth-order valence-corrected chi connectivity index (χ4v) is 2.29. The third-order valence-electron chi connectivity index (χ3n) is 3.54. The highest BCUT2D eigenvalue weighted by Crippen LogP contribution is 2.11. The molecule has 0 saturated carbocycles. The minimum Gasteiger partial charge on any atom is -0.339 e. The summed E-state index contributed by atoms with van der Waals surface area (Å²) in [6, 6.07) is 12.4. The quantitative estimate of drug-likeness (QED) is 0.791. The number of hydrogen-bond donors (Lipinski definition) is 0. The maximum absolute atomic E-state index is 13.2. The summed E-state index contributed by atoms with van der Waals surface area (Å²) in [6.07, 6.45) is 0.924. The average molecular weight is 303 g/mol. The van der Waals surface area contributed by atoms with Crippen molar-refractivity contribution in [3.05, 3.63) is 71.3 Å². The smallest absolute Gasteiger partial charge is 0.223 e. The lowest BCUT2D eigenvalue weighted by atomic mass is 10.1. The van der Waals surface area contributed by atoms with Gasteiger partial charge < -0.3 is 4.90 Å². The zero-order valence-electron chi connectivity index (χ0n) is 12.6. The number of nitrogens with zero attached hydrogens (tertiary/aromatic N) is 1. The number of amides is 1. The first-order valence-electron chi connectivity index (χ1n) is 7.35. The Morgan fingerprint density at radius 1 is 1.00 bits per heavy atom. The van der Waals surface area contributed by atoms with Gasteiger partial charge in [0.05, 0.1) is 0 Å². The molecule has 0 aromatic heterocycles. The molecule has 2 nitrogen and oxygen atoms in total. The van der Waals surface area contributed by atoms with Gasteiger partial charge in [-0.05, 0) is 48.7 Å². The van der Waals surface area contributed by atoms with Crippen LogP contribution in [0.15, 0.2) is 48.5 Å². The molecular formula is C18H19F2NO. The molecule has 2 rings (SSSR count). The summed E-state index contributed by atoms with van der Waals surface area (Å²) in [5, 5.41) is 0. The SMILES string of the molecule is CCN(Cc1cccc(F)c1)C(=O)CCc1ccc(F)cc1. The van der Waals surface area contributed by atoms with Gasteiger partial charge in [-0.1, -0.05) is 24.3 Å². The Balaban J connectivity index is 1.92. The van der Waals surface area contributed by atoms with Crippen molar-refractivity contribution >= 4 is 5.91 Å². The van der Waals surface area contributed by atoms with Crippen LogP contribution in [0, 0.1) is 11.6 Å². The van der Waals surface area contributed by atoms with E-state index < -0.39 is 0 Å². The number of rotatable bonds is 6. The maximum atomic E-state index is 13.2.